The molecule has 0 unspecified atom stereocenters. The number of amides is 1. The molecule has 2 saturated heterocycles. The van der Waals surface area contributed by atoms with Gasteiger partial charge in [0, 0.05) is 65.3 Å². The van der Waals surface area contributed by atoms with Crippen LogP contribution in [0.3, 0.4) is 0 Å². The van der Waals surface area contributed by atoms with Gasteiger partial charge in [0.05, 0.1) is 13.2 Å². The molecule has 0 aromatic carbocycles. The highest BCUT2D eigenvalue weighted by Crippen LogP contribution is 2.44. The van der Waals surface area contributed by atoms with Crippen LogP contribution in [0.15, 0.2) is 18.5 Å². The van der Waals surface area contributed by atoms with Gasteiger partial charge >= 0.3 is 0 Å². The maximum absolute atomic E-state index is 12.6. The van der Waals surface area contributed by atoms with Crippen LogP contribution in [-0.4, -0.2) is 85.8 Å². The molecule has 1 atom stereocenters. The fourth-order valence-electron chi connectivity index (χ4n) is 4.24. The normalized spacial score (nSPS) is 23.3. The topological polar surface area (TPSA) is 67.8 Å². The second-order valence-corrected chi connectivity index (χ2v) is 7.11. The van der Waals surface area contributed by atoms with E-state index in [1.165, 1.54) is 0 Å². The van der Waals surface area contributed by atoms with Gasteiger partial charge in [-0.15, -0.1) is 0 Å². The van der Waals surface area contributed by atoms with Gasteiger partial charge < -0.3 is 19.3 Å². The van der Waals surface area contributed by atoms with E-state index in [4.69, 9.17) is 9.47 Å². The third kappa shape index (κ3) is 3.99. The molecule has 3 rings (SSSR count). The molecule has 2 aliphatic rings. The number of hydrogen-bond acceptors (Lipinski definition) is 6. The Balaban J connectivity index is 1.63. The Morgan fingerprint density at radius 1 is 1.24 bits per heavy atom. The maximum atomic E-state index is 12.6. The van der Waals surface area contributed by atoms with Gasteiger partial charge in [0.1, 0.15) is 0 Å². The highest BCUT2D eigenvalue weighted by molar-refractivity contribution is 5.90. The van der Waals surface area contributed by atoms with Crippen molar-refractivity contribution >= 4 is 5.91 Å². The molecule has 0 N–H and O–H groups in total. The van der Waals surface area contributed by atoms with Crippen molar-refractivity contribution in [1.82, 2.24) is 19.8 Å². The van der Waals surface area contributed by atoms with E-state index in [2.05, 4.69) is 14.9 Å². The van der Waals surface area contributed by atoms with Crippen LogP contribution in [-0.2, 0) is 9.47 Å². The van der Waals surface area contributed by atoms with Crippen LogP contribution in [0.5, 0.6) is 0 Å². The predicted octanol–water partition coefficient (Wildman–Crippen LogP) is 0.924. The van der Waals surface area contributed by atoms with Crippen LogP contribution in [0.25, 0.3) is 0 Å². The van der Waals surface area contributed by atoms with E-state index < -0.39 is 0 Å². The smallest absolute Gasteiger partial charge is 0.291 e. The number of ether oxygens (including phenoxy) is 2. The number of nitrogens with zero attached hydrogens (tertiary/aromatic N) is 4. The van der Waals surface area contributed by atoms with E-state index in [0.717, 1.165) is 58.8 Å². The summed E-state index contributed by atoms with van der Waals surface area (Å²) >= 11 is 0. The molecule has 0 bridgehead atoms. The average molecular weight is 348 g/mol. The van der Waals surface area contributed by atoms with Crippen molar-refractivity contribution in [2.24, 2.45) is 11.3 Å². The number of methoxy groups -OCH3 is 2. The van der Waals surface area contributed by atoms with Gasteiger partial charge in [-0.05, 0) is 24.3 Å². The van der Waals surface area contributed by atoms with Crippen molar-refractivity contribution in [3.8, 4) is 0 Å². The van der Waals surface area contributed by atoms with Gasteiger partial charge in [-0.2, -0.15) is 0 Å². The van der Waals surface area contributed by atoms with E-state index in [9.17, 15) is 4.79 Å². The van der Waals surface area contributed by atoms with Crippen molar-refractivity contribution in [2.45, 2.75) is 12.8 Å². The summed E-state index contributed by atoms with van der Waals surface area (Å²) in [5.74, 6) is 0.743. The molecule has 2 fully saturated rings. The molecular weight excluding hydrogens is 320 g/mol. The van der Waals surface area contributed by atoms with Crippen LogP contribution in [0.2, 0.25) is 0 Å². The molecule has 0 radical (unpaired) electrons. The Bertz CT molecular complexity index is 561. The van der Waals surface area contributed by atoms with Gasteiger partial charge in [0.25, 0.3) is 5.91 Å². The second kappa shape index (κ2) is 8.21. The molecule has 3 heterocycles. The Morgan fingerprint density at radius 2 is 1.96 bits per heavy atom. The molecule has 2 aliphatic heterocycles. The van der Waals surface area contributed by atoms with E-state index in [1.54, 1.807) is 32.7 Å². The summed E-state index contributed by atoms with van der Waals surface area (Å²) in [5, 5.41) is 0. The number of aromatic nitrogens is 2. The van der Waals surface area contributed by atoms with Gasteiger partial charge in [-0.3, -0.25) is 4.79 Å². The molecule has 1 aromatic heterocycles. The summed E-state index contributed by atoms with van der Waals surface area (Å²) in [6.45, 7) is 6.12. The monoisotopic (exact) mass is 348 g/mol. The lowest BCUT2D eigenvalue weighted by atomic mass is 9.71. The molecule has 0 saturated carbocycles. The third-order valence-electron chi connectivity index (χ3n) is 5.67. The van der Waals surface area contributed by atoms with Crippen molar-refractivity contribution in [3.63, 3.8) is 0 Å². The first-order valence-electron chi connectivity index (χ1n) is 8.95. The van der Waals surface area contributed by atoms with Crippen LogP contribution in [0, 0.1) is 11.3 Å². The van der Waals surface area contributed by atoms with Crippen LogP contribution >= 0.6 is 0 Å². The van der Waals surface area contributed by atoms with Gasteiger partial charge in [0.2, 0.25) is 5.82 Å². The molecule has 7 heteroatoms. The van der Waals surface area contributed by atoms with Crippen molar-refractivity contribution in [1.29, 1.82) is 0 Å². The van der Waals surface area contributed by atoms with Crippen LogP contribution < -0.4 is 0 Å². The summed E-state index contributed by atoms with van der Waals surface area (Å²) < 4.78 is 10.7. The SMILES string of the molecule is COCCN1C[C@H](COC)C2(CCN(C(=O)c3ncccn3)CC2)C1. The largest absolute Gasteiger partial charge is 0.384 e. The molecule has 1 aromatic rings. The summed E-state index contributed by atoms with van der Waals surface area (Å²) in [4.78, 5) is 25.1. The number of likely N-dealkylation sites (tertiary alicyclic amines) is 2. The highest BCUT2D eigenvalue weighted by Gasteiger charge is 2.48. The standard InChI is InChI=1S/C18H28N4O3/c1-24-11-10-21-12-15(13-25-2)18(14-21)4-8-22(9-5-18)17(23)16-19-6-3-7-20-16/h3,6-7,15H,4-5,8-14H2,1-2H3/t15-/m1/s1. The molecule has 7 nitrogen and oxygen atoms in total. The van der Waals surface area contributed by atoms with E-state index in [0.29, 0.717) is 11.7 Å². The molecule has 25 heavy (non-hydrogen) atoms. The first kappa shape index (κ1) is 18.2. The number of piperidine rings is 1. The van der Waals surface area contributed by atoms with Crippen molar-refractivity contribution in [2.75, 3.05) is 60.2 Å². The Kier molecular flexibility index (Phi) is 5.98. The van der Waals surface area contributed by atoms with E-state index in [-0.39, 0.29) is 11.3 Å². The molecule has 1 spiro atoms. The summed E-state index contributed by atoms with van der Waals surface area (Å²) in [7, 11) is 3.52. The van der Waals surface area contributed by atoms with Gasteiger partial charge in [-0.25, -0.2) is 9.97 Å². The van der Waals surface area contributed by atoms with E-state index in [1.807, 2.05) is 4.90 Å². The quantitative estimate of drug-likeness (QED) is 0.762. The fourth-order valence-corrected chi connectivity index (χ4v) is 4.24. The minimum Gasteiger partial charge on any atom is -0.384 e. The zero-order valence-corrected chi connectivity index (χ0v) is 15.2. The Labute approximate surface area is 149 Å². The van der Waals surface area contributed by atoms with E-state index >= 15 is 0 Å². The first-order chi connectivity index (χ1) is 12.2. The zero-order chi connectivity index (χ0) is 17.7. The first-order valence-corrected chi connectivity index (χ1v) is 8.95. The third-order valence-corrected chi connectivity index (χ3v) is 5.67. The lowest BCUT2D eigenvalue weighted by Crippen LogP contribution is -2.47. The molecular formula is C18H28N4O3. The number of rotatable bonds is 6. The van der Waals surface area contributed by atoms with Crippen LogP contribution in [0.1, 0.15) is 23.5 Å². The summed E-state index contributed by atoms with van der Waals surface area (Å²) in [6.07, 6.45) is 5.24. The van der Waals surface area contributed by atoms with Crippen molar-refractivity contribution < 1.29 is 14.3 Å². The number of carbonyl (C=O) groups excluding carboxylic acids is 1. The molecule has 138 valence electrons. The summed E-state index contributed by atoms with van der Waals surface area (Å²) in [6, 6.07) is 1.73. The number of carbonyl (C=O) groups is 1. The lowest BCUT2D eigenvalue weighted by Gasteiger charge is -2.42. The average Bonchev–Trinajstić information content (AvgIpc) is 2.98. The zero-order valence-electron chi connectivity index (χ0n) is 15.2. The van der Waals surface area contributed by atoms with Gasteiger partial charge in [-0.1, -0.05) is 0 Å². The molecule has 1 amide bonds. The lowest BCUT2D eigenvalue weighted by molar-refractivity contribution is 0.0314. The second-order valence-electron chi connectivity index (χ2n) is 7.11. The Morgan fingerprint density at radius 3 is 2.60 bits per heavy atom. The van der Waals surface area contributed by atoms with Crippen LogP contribution in [0.4, 0.5) is 0 Å². The summed E-state index contributed by atoms with van der Waals surface area (Å²) in [5.41, 5.74) is 0.234. The highest BCUT2D eigenvalue weighted by atomic mass is 16.5. The molecule has 0 aliphatic carbocycles. The maximum Gasteiger partial charge on any atom is 0.291 e. The van der Waals surface area contributed by atoms with Crippen molar-refractivity contribution in [3.05, 3.63) is 24.3 Å². The minimum atomic E-state index is -0.0621. The van der Waals surface area contributed by atoms with Gasteiger partial charge in [0.15, 0.2) is 0 Å². The number of hydrogen-bond donors (Lipinski definition) is 0. The minimum absolute atomic E-state index is 0.0621. The predicted molar refractivity (Wildman–Crippen MR) is 93.3 cm³/mol. The fraction of sp³-hybridized carbons (Fsp3) is 0.722. The Hall–Kier alpha value is -1.57.